The highest BCUT2D eigenvalue weighted by molar-refractivity contribution is 6.00. The number of methoxy groups -OCH3 is 1. The first-order chi connectivity index (χ1) is 17.6. The fraction of sp³-hybridized carbons (Fsp3) is 0.241. The number of likely N-dealkylation sites (tertiary alicyclic amines) is 1. The first kappa shape index (κ1) is 23.8. The van der Waals surface area contributed by atoms with E-state index in [1.165, 1.54) is 12.1 Å². The molecule has 0 aliphatic carbocycles. The molecular formula is C29H29FN4O2. The fourth-order valence-electron chi connectivity index (χ4n) is 4.56. The number of nitrogens with zero attached hydrogens (tertiary/aromatic N) is 3. The molecule has 0 radical (unpaired) electrons. The van der Waals surface area contributed by atoms with Crippen LogP contribution < -0.4 is 10.1 Å². The standard InChI is InChI=1S/C29H29FN4O2/c1-36-26-13-9-22(10-14-26)28-27(20-34(32-28)25-5-3-2-4-6-25)29(35)31-24-15-17-33(18-16-24)19-21-7-11-23(30)12-8-21/h2-14,20,24H,15-19H2,1H3,(H,31,35). The molecule has 1 fully saturated rings. The lowest BCUT2D eigenvalue weighted by atomic mass is 10.0. The molecule has 0 bridgehead atoms. The van der Waals surface area contributed by atoms with E-state index in [1.807, 2.05) is 66.7 Å². The smallest absolute Gasteiger partial charge is 0.255 e. The van der Waals surface area contributed by atoms with E-state index in [2.05, 4.69) is 10.2 Å². The Bertz CT molecular complexity index is 1300. The molecule has 1 aliphatic heterocycles. The lowest BCUT2D eigenvalue weighted by Crippen LogP contribution is -2.44. The Morgan fingerprint density at radius 3 is 2.36 bits per heavy atom. The summed E-state index contributed by atoms with van der Waals surface area (Å²) in [5.41, 5.74) is 4.01. The maximum atomic E-state index is 13.4. The molecule has 2 heterocycles. The molecule has 0 saturated carbocycles. The number of rotatable bonds is 7. The molecule has 1 saturated heterocycles. The zero-order valence-corrected chi connectivity index (χ0v) is 20.2. The summed E-state index contributed by atoms with van der Waals surface area (Å²) in [4.78, 5) is 15.8. The first-order valence-electron chi connectivity index (χ1n) is 12.2. The van der Waals surface area contributed by atoms with Gasteiger partial charge in [0.05, 0.1) is 18.4 Å². The second-order valence-corrected chi connectivity index (χ2v) is 9.05. The highest BCUT2D eigenvalue weighted by atomic mass is 19.1. The van der Waals surface area contributed by atoms with Gasteiger partial charge in [-0.25, -0.2) is 9.07 Å². The highest BCUT2D eigenvalue weighted by Gasteiger charge is 2.24. The number of amides is 1. The van der Waals surface area contributed by atoms with E-state index in [0.717, 1.165) is 55.0 Å². The number of nitrogens with one attached hydrogen (secondary N) is 1. The van der Waals surface area contributed by atoms with E-state index in [0.29, 0.717) is 11.3 Å². The normalized spacial score (nSPS) is 14.5. The number of aromatic nitrogens is 2. The number of para-hydroxylation sites is 1. The van der Waals surface area contributed by atoms with Crippen LogP contribution in [-0.2, 0) is 6.54 Å². The Morgan fingerprint density at radius 2 is 1.69 bits per heavy atom. The van der Waals surface area contributed by atoms with Gasteiger partial charge >= 0.3 is 0 Å². The molecule has 4 aromatic rings. The van der Waals surface area contributed by atoms with Crippen molar-refractivity contribution in [1.29, 1.82) is 0 Å². The third kappa shape index (κ3) is 5.47. The number of carbonyl (C=O) groups is 1. The number of piperidine rings is 1. The summed E-state index contributed by atoms with van der Waals surface area (Å²) >= 11 is 0. The van der Waals surface area contributed by atoms with Crippen molar-refractivity contribution in [3.05, 3.63) is 102 Å². The van der Waals surface area contributed by atoms with E-state index in [4.69, 9.17) is 9.84 Å². The van der Waals surface area contributed by atoms with Gasteiger partial charge in [0.15, 0.2) is 0 Å². The van der Waals surface area contributed by atoms with Gasteiger partial charge < -0.3 is 10.1 Å². The summed E-state index contributed by atoms with van der Waals surface area (Å²) in [6.07, 6.45) is 3.52. The van der Waals surface area contributed by atoms with Gasteiger partial charge in [-0.1, -0.05) is 30.3 Å². The molecule has 7 heteroatoms. The molecule has 1 amide bonds. The van der Waals surface area contributed by atoms with Crippen LogP contribution in [0, 0.1) is 5.82 Å². The number of halogens is 1. The third-order valence-electron chi connectivity index (χ3n) is 6.59. The SMILES string of the molecule is COc1ccc(-c2nn(-c3ccccc3)cc2C(=O)NC2CCN(Cc3ccc(F)cc3)CC2)cc1. The van der Waals surface area contributed by atoms with Crippen LogP contribution in [0.25, 0.3) is 16.9 Å². The van der Waals surface area contributed by atoms with E-state index in [-0.39, 0.29) is 17.8 Å². The Labute approximate surface area is 210 Å². The Hall–Kier alpha value is -3.97. The van der Waals surface area contributed by atoms with Gasteiger partial charge in [-0.2, -0.15) is 5.10 Å². The van der Waals surface area contributed by atoms with Crippen molar-refractivity contribution in [3.63, 3.8) is 0 Å². The maximum Gasteiger partial charge on any atom is 0.255 e. The van der Waals surface area contributed by atoms with Crippen LogP contribution in [0.5, 0.6) is 5.75 Å². The summed E-state index contributed by atoms with van der Waals surface area (Å²) in [5, 5.41) is 8.00. The van der Waals surface area contributed by atoms with Gasteiger partial charge in [0.2, 0.25) is 0 Å². The second-order valence-electron chi connectivity index (χ2n) is 9.05. The molecule has 184 valence electrons. The van der Waals surface area contributed by atoms with Crippen molar-refractivity contribution in [1.82, 2.24) is 20.0 Å². The second kappa shape index (κ2) is 10.7. The third-order valence-corrected chi connectivity index (χ3v) is 6.59. The lowest BCUT2D eigenvalue weighted by Gasteiger charge is -2.32. The molecule has 0 spiro atoms. The first-order valence-corrected chi connectivity index (χ1v) is 12.2. The average molecular weight is 485 g/mol. The zero-order valence-electron chi connectivity index (χ0n) is 20.2. The summed E-state index contributed by atoms with van der Waals surface area (Å²) < 4.78 is 20.2. The lowest BCUT2D eigenvalue weighted by molar-refractivity contribution is 0.0909. The maximum absolute atomic E-state index is 13.4. The molecule has 1 aliphatic rings. The predicted octanol–water partition coefficient (Wildman–Crippen LogP) is 5.08. The Kier molecular flexibility index (Phi) is 7.09. The van der Waals surface area contributed by atoms with E-state index < -0.39 is 0 Å². The van der Waals surface area contributed by atoms with Crippen molar-refractivity contribution in [2.24, 2.45) is 0 Å². The topological polar surface area (TPSA) is 59.4 Å². The van der Waals surface area contributed by atoms with Crippen molar-refractivity contribution < 1.29 is 13.9 Å². The summed E-state index contributed by atoms with van der Waals surface area (Å²) in [7, 11) is 1.63. The fourth-order valence-corrected chi connectivity index (χ4v) is 4.56. The van der Waals surface area contributed by atoms with Gasteiger partial charge in [0, 0.05) is 37.4 Å². The van der Waals surface area contributed by atoms with Gasteiger partial charge in [-0.15, -0.1) is 0 Å². The number of hydrogen-bond donors (Lipinski definition) is 1. The van der Waals surface area contributed by atoms with Gasteiger partial charge in [-0.3, -0.25) is 9.69 Å². The molecule has 3 aromatic carbocycles. The molecule has 6 nitrogen and oxygen atoms in total. The van der Waals surface area contributed by atoms with Crippen molar-refractivity contribution in [2.45, 2.75) is 25.4 Å². The molecular weight excluding hydrogens is 455 g/mol. The Balaban J connectivity index is 1.30. The summed E-state index contributed by atoms with van der Waals surface area (Å²) in [6, 6.07) is 24.1. The van der Waals surface area contributed by atoms with Crippen LogP contribution in [0.2, 0.25) is 0 Å². The van der Waals surface area contributed by atoms with Crippen LogP contribution in [0.1, 0.15) is 28.8 Å². The highest BCUT2D eigenvalue weighted by Crippen LogP contribution is 2.26. The van der Waals surface area contributed by atoms with Crippen molar-refractivity contribution in [3.8, 4) is 22.7 Å². The van der Waals surface area contributed by atoms with E-state index >= 15 is 0 Å². The van der Waals surface area contributed by atoms with Crippen molar-refractivity contribution in [2.75, 3.05) is 20.2 Å². The Morgan fingerprint density at radius 1 is 1.00 bits per heavy atom. The molecule has 0 atom stereocenters. The number of hydrogen-bond acceptors (Lipinski definition) is 4. The molecule has 1 aromatic heterocycles. The summed E-state index contributed by atoms with van der Waals surface area (Å²) in [5.74, 6) is 0.407. The van der Waals surface area contributed by atoms with Crippen LogP contribution in [-0.4, -0.2) is 46.8 Å². The number of ether oxygens (including phenoxy) is 1. The van der Waals surface area contributed by atoms with Crippen LogP contribution >= 0.6 is 0 Å². The minimum Gasteiger partial charge on any atom is -0.497 e. The molecule has 36 heavy (non-hydrogen) atoms. The van der Waals surface area contributed by atoms with Crippen LogP contribution in [0.15, 0.2) is 85.1 Å². The van der Waals surface area contributed by atoms with Gasteiger partial charge in [0.25, 0.3) is 5.91 Å². The monoisotopic (exact) mass is 484 g/mol. The molecule has 0 unspecified atom stereocenters. The van der Waals surface area contributed by atoms with E-state index in [1.54, 1.807) is 18.0 Å². The van der Waals surface area contributed by atoms with Crippen molar-refractivity contribution >= 4 is 5.91 Å². The molecule has 5 rings (SSSR count). The van der Waals surface area contributed by atoms with Crippen LogP contribution in [0.3, 0.4) is 0 Å². The van der Waals surface area contributed by atoms with Crippen LogP contribution in [0.4, 0.5) is 4.39 Å². The average Bonchev–Trinajstić information content (AvgIpc) is 3.37. The number of carbonyl (C=O) groups excluding carboxylic acids is 1. The largest absolute Gasteiger partial charge is 0.497 e. The summed E-state index contributed by atoms with van der Waals surface area (Å²) in [6.45, 7) is 2.53. The van der Waals surface area contributed by atoms with Gasteiger partial charge in [0.1, 0.15) is 17.3 Å². The molecule has 1 N–H and O–H groups in total. The predicted molar refractivity (Wildman–Crippen MR) is 138 cm³/mol. The minimum absolute atomic E-state index is 0.0887. The van der Waals surface area contributed by atoms with E-state index in [9.17, 15) is 9.18 Å². The van der Waals surface area contributed by atoms with Gasteiger partial charge in [-0.05, 0) is 66.9 Å². The zero-order chi connectivity index (χ0) is 24.9. The minimum atomic E-state index is -0.218. The number of benzene rings is 3. The quantitative estimate of drug-likeness (QED) is 0.397.